The summed E-state index contributed by atoms with van der Waals surface area (Å²) in [6, 6.07) is -0.254. The van der Waals surface area contributed by atoms with Gasteiger partial charge in [-0.2, -0.15) is 0 Å². The van der Waals surface area contributed by atoms with Crippen LogP contribution in [0.5, 0.6) is 0 Å². The van der Waals surface area contributed by atoms with Gasteiger partial charge in [0.2, 0.25) is 5.82 Å². The van der Waals surface area contributed by atoms with Crippen molar-refractivity contribution < 1.29 is 26.4 Å². The van der Waals surface area contributed by atoms with Crippen molar-refractivity contribution in [2.45, 2.75) is 6.04 Å². The van der Waals surface area contributed by atoms with Gasteiger partial charge in [-0.05, 0) is 22.0 Å². The summed E-state index contributed by atoms with van der Waals surface area (Å²) in [7, 11) is 0. The van der Waals surface area contributed by atoms with Gasteiger partial charge < -0.3 is 10.2 Å². The van der Waals surface area contributed by atoms with Gasteiger partial charge >= 0.3 is 0 Å². The summed E-state index contributed by atoms with van der Waals surface area (Å²) < 4.78 is 71.1. The molecule has 0 radical (unpaired) electrons. The van der Waals surface area contributed by atoms with Gasteiger partial charge in [0, 0.05) is 0 Å². The molecule has 0 spiro atoms. The largest absolute Gasteiger partial charge is 0.466 e. The molecule has 0 aliphatic carbocycles. The fraction of sp³-hybridized carbons (Fsp3) is 0.0909. The van der Waals surface area contributed by atoms with Crippen LogP contribution in [0.1, 0.15) is 17.4 Å². The fourth-order valence-electron chi connectivity index (χ4n) is 1.55. The van der Waals surface area contributed by atoms with Crippen molar-refractivity contribution in [1.29, 1.82) is 0 Å². The number of hydrogen-bond donors (Lipinski definition) is 1. The van der Waals surface area contributed by atoms with Gasteiger partial charge in [-0.25, -0.2) is 22.0 Å². The van der Waals surface area contributed by atoms with Crippen molar-refractivity contribution >= 4 is 15.9 Å². The Labute approximate surface area is 112 Å². The average Bonchev–Trinajstić information content (AvgIpc) is 2.80. The van der Waals surface area contributed by atoms with E-state index in [0.717, 1.165) is 6.26 Å². The Morgan fingerprint density at radius 1 is 0.947 bits per heavy atom. The predicted molar refractivity (Wildman–Crippen MR) is 58.7 cm³/mol. The molecule has 19 heavy (non-hydrogen) atoms. The van der Waals surface area contributed by atoms with E-state index in [1.165, 1.54) is 6.07 Å². The third kappa shape index (κ3) is 2.14. The minimum absolute atomic E-state index is 0.150. The topological polar surface area (TPSA) is 39.2 Å². The van der Waals surface area contributed by atoms with Crippen LogP contribution in [0, 0.1) is 29.1 Å². The Morgan fingerprint density at radius 3 is 1.84 bits per heavy atom. The first-order valence-electron chi connectivity index (χ1n) is 4.86. The van der Waals surface area contributed by atoms with E-state index in [9.17, 15) is 22.0 Å². The molecule has 1 heterocycles. The van der Waals surface area contributed by atoms with Crippen molar-refractivity contribution in [2.75, 3.05) is 0 Å². The van der Waals surface area contributed by atoms with Gasteiger partial charge in [-0.1, -0.05) is 0 Å². The second-order valence-corrected chi connectivity index (χ2v) is 4.45. The molecule has 2 nitrogen and oxygen atoms in total. The molecule has 2 N–H and O–H groups in total. The Kier molecular flexibility index (Phi) is 3.64. The fourth-order valence-corrected chi connectivity index (χ4v) is 2.00. The van der Waals surface area contributed by atoms with E-state index in [0.29, 0.717) is 0 Å². The third-order valence-corrected chi connectivity index (χ3v) is 3.14. The van der Waals surface area contributed by atoms with Gasteiger partial charge in [0.05, 0.1) is 22.3 Å². The lowest BCUT2D eigenvalue weighted by Gasteiger charge is -2.13. The molecule has 102 valence electrons. The van der Waals surface area contributed by atoms with Crippen LogP contribution in [0.3, 0.4) is 0 Å². The molecule has 1 aromatic heterocycles. The number of furan rings is 1. The molecule has 1 unspecified atom stereocenters. The molecule has 1 aromatic carbocycles. The smallest absolute Gasteiger partial charge is 0.200 e. The Balaban J connectivity index is 2.67. The quantitative estimate of drug-likeness (QED) is 0.513. The van der Waals surface area contributed by atoms with Crippen LogP contribution in [0.2, 0.25) is 0 Å². The Hall–Kier alpha value is -1.41. The van der Waals surface area contributed by atoms with Gasteiger partial charge in [-0.3, -0.25) is 0 Å². The molecule has 8 heteroatoms. The highest BCUT2D eigenvalue weighted by molar-refractivity contribution is 9.10. The zero-order valence-electron chi connectivity index (χ0n) is 8.99. The van der Waals surface area contributed by atoms with Crippen molar-refractivity contribution in [1.82, 2.24) is 0 Å². The molecule has 0 aliphatic heterocycles. The minimum atomic E-state index is -2.23. The molecule has 0 aliphatic rings. The minimum Gasteiger partial charge on any atom is -0.466 e. The molecule has 0 saturated carbocycles. The highest BCUT2D eigenvalue weighted by atomic mass is 79.9. The summed E-state index contributed by atoms with van der Waals surface area (Å²) in [5, 5.41) is 0. The first-order chi connectivity index (χ1) is 8.86. The zero-order valence-corrected chi connectivity index (χ0v) is 10.6. The van der Waals surface area contributed by atoms with E-state index in [-0.39, 0.29) is 10.2 Å². The number of hydrogen-bond acceptors (Lipinski definition) is 2. The van der Waals surface area contributed by atoms with E-state index in [2.05, 4.69) is 15.9 Å². The van der Waals surface area contributed by atoms with Crippen molar-refractivity contribution in [3.05, 3.63) is 57.2 Å². The number of nitrogens with two attached hydrogens (primary N) is 1. The van der Waals surface area contributed by atoms with E-state index in [1.807, 2.05) is 0 Å². The SMILES string of the molecule is NC(c1occc1Br)c1c(F)c(F)c(F)c(F)c1F. The summed E-state index contributed by atoms with van der Waals surface area (Å²) in [6.45, 7) is 0. The van der Waals surface area contributed by atoms with Crippen molar-refractivity contribution in [3.63, 3.8) is 0 Å². The lowest BCUT2D eigenvalue weighted by atomic mass is 10.0. The summed E-state index contributed by atoms with van der Waals surface area (Å²) >= 11 is 2.98. The Morgan fingerprint density at radius 2 is 1.42 bits per heavy atom. The predicted octanol–water partition coefficient (Wildman–Crippen LogP) is 3.79. The molecule has 0 bridgehead atoms. The summed E-state index contributed by atoms with van der Waals surface area (Å²) in [5.41, 5.74) is 4.35. The zero-order chi connectivity index (χ0) is 14.3. The van der Waals surface area contributed by atoms with Crippen LogP contribution in [0.25, 0.3) is 0 Å². The molecule has 2 aromatic rings. The molecule has 0 fully saturated rings. The maximum absolute atomic E-state index is 13.5. The van der Waals surface area contributed by atoms with Gasteiger partial charge in [0.15, 0.2) is 23.3 Å². The molecular formula is C11H5BrF5NO. The number of halogens is 6. The first-order valence-corrected chi connectivity index (χ1v) is 5.65. The van der Waals surface area contributed by atoms with Crippen LogP contribution in [0.4, 0.5) is 22.0 Å². The summed E-state index contributed by atoms with van der Waals surface area (Å²) in [5.74, 6) is -10.4. The highest BCUT2D eigenvalue weighted by Gasteiger charge is 2.31. The normalized spacial score (nSPS) is 12.8. The number of benzene rings is 1. The van der Waals surface area contributed by atoms with E-state index < -0.39 is 40.7 Å². The lowest BCUT2D eigenvalue weighted by Crippen LogP contribution is -2.18. The second-order valence-electron chi connectivity index (χ2n) is 3.59. The van der Waals surface area contributed by atoms with Gasteiger partial charge in [0.25, 0.3) is 0 Å². The van der Waals surface area contributed by atoms with Gasteiger partial charge in [0.1, 0.15) is 5.76 Å². The van der Waals surface area contributed by atoms with E-state index in [1.54, 1.807) is 0 Å². The summed E-state index contributed by atoms with van der Waals surface area (Å²) in [4.78, 5) is 0. The lowest BCUT2D eigenvalue weighted by molar-refractivity contribution is 0.362. The standard InChI is InChI=1S/C11H5BrF5NO/c12-3-1-2-19-11(3)10(18)4-5(13)7(15)9(17)8(16)6(4)14/h1-2,10H,18H2. The van der Waals surface area contributed by atoms with Crippen LogP contribution < -0.4 is 5.73 Å². The Bertz CT molecular complexity index is 613. The molecule has 0 saturated heterocycles. The van der Waals surface area contributed by atoms with Crippen LogP contribution in [-0.2, 0) is 0 Å². The van der Waals surface area contributed by atoms with Crippen LogP contribution in [0.15, 0.2) is 21.2 Å². The molecule has 1 atom stereocenters. The maximum Gasteiger partial charge on any atom is 0.200 e. The van der Waals surface area contributed by atoms with E-state index >= 15 is 0 Å². The van der Waals surface area contributed by atoms with E-state index in [4.69, 9.17) is 10.2 Å². The van der Waals surface area contributed by atoms with Gasteiger partial charge in [-0.15, -0.1) is 0 Å². The molecular weight excluding hydrogens is 337 g/mol. The van der Waals surface area contributed by atoms with Crippen molar-refractivity contribution in [2.24, 2.45) is 5.73 Å². The van der Waals surface area contributed by atoms with Crippen LogP contribution >= 0.6 is 15.9 Å². The maximum atomic E-state index is 13.5. The summed E-state index contributed by atoms with van der Waals surface area (Å²) in [6.07, 6.45) is 1.16. The van der Waals surface area contributed by atoms with Crippen LogP contribution in [-0.4, -0.2) is 0 Å². The third-order valence-electron chi connectivity index (χ3n) is 2.48. The number of rotatable bonds is 2. The van der Waals surface area contributed by atoms with Crippen molar-refractivity contribution in [3.8, 4) is 0 Å². The average molecular weight is 342 g/mol. The monoisotopic (exact) mass is 341 g/mol. The molecule has 0 amide bonds. The molecule has 2 rings (SSSR count). The second kappa shape index (κ2) is 4.93. The first kappa shape index (κ1) is 14.0. The highest BCUT2D eigenvalue weighted by Crippen LogP contribution is 2.33.